The van der Waals surface area contributed by atoms with Crippen molar-refractivity contribution in [2.75, 3.05) is 11.9 Å². The highest BCUT2D eigenvalue weighted by molar-refractivity contribution is 7.16. The molecule has 5 nitrogen and oxygen atoms in total. The van der Waals surface area contributed by atoms with E-state index in [1.165, 1.54) is 16.9 Å². The van der Waals surface area contributed by atoms with Crippen LogP contribution in [0.1, 0.15) is 57.2 Å². The van der Waals surface area contributed by atoms with E-state index in [0.29, 0.717) is 17.2 Å². The van der Waals surface area contributed by atoms with Crippen LogP contribution in [-0.2, 0) is 17.6 Å². The van der Waals surface area contributed by atoms with Crippen LogP contribution in [0.4, 0.5) is 5.13 Å². The van der Waals surface area contributed by atoms with E-state index in [1.807, 2.05) is 49.4 Å². The number of amides is 2. The van der Waals surface area contributed by atoms with Gasteiger partial charge in [0.25, 0.3) is 5.91 Å². The molecule has 31 heavy (non-hydrogen) atoms. The zero-order chi connectivity index (χ0) is 21.6. The Kier molecular flexibility index (Phi) is 6.77. The summed E-state index contributed by atoms with van der Waals surface area (Å²) in [4.78, 5) is 31.1. The van der Waals surface area contributed by atoms with Gasteiger partial charge < -0.3 is 5.32 Å². The molecule has 1 aliphatic carbocycles. The maximum atomic E-state index is 12.8. The molecule has 160 valence electrons. The third kappa shape index (κ3) is 5.39. The van der Waals surface area contributed by atoms with Gasteiger partial charge in [-0.05, 0) is 56.7 Å². The van der Waals surface area contributed by atoms with E-state index in [9.17, 15) is 9.59 Å². The van der Waals surface area contributed by atoms with Gasteiger partial charge >= 0.3 is 0 Å². The molecule has 0 spiro atoms. The first kappa shape index (κ1) is 21.2. The lowest BCUT2D eigenvalue weighted by molar-refractivity contribution is -0.122. The summed E-state index contributed by atoms with van der Waals surface area (Å²) < 4.78 is 0. The van der Waals surface area contributed by atoms with Crippen molar-refractivity contribution >= 4 is 28.3 Å². The largest absolute Gasteiger partial charge is 0.356 e. The standard InChI is InChI=1S/C25H27N3O2S/c1-17-12-14-19(15-13-17)23(29)28-25-27-22-20(10-5-11-21(22)31-25)24(30)26-16-6-9-18-7-3-2-4-8-18/h2-4,7-8,12-15,20H,5-6,9-11,16H2,1H3,(H,26,30)(H,27,28,29). The van der Waals surface area contributed by atoms with E-state index < -0.39 is 0 Å². The first-order chi connectivity index (χ1) is 15.1. The molecule has 1 heterocycles. The molecule has 6 heteroatoms. The van der Waals surface area contributed by atoms with Crippen molar-refractivity contribution < 1.29 is 9.59 Å². The minimum atomic E-state index is -0.234. The number of aryl methyl sites for hydroxylation is 3. The lowest BCUT2D eigenvalue weighted by atomic mass is 9.90. The van der Waals surface area contributed by atoms with Crippen LogP contribution in [0, 0.1) is 6.92 Å². The molecule has 1 aromatic heterocycles. The number of hydrogen-bond acceptors (Lipinski definition) is 4. The number of thiazole rings is 1. The smallest absolute Gasteiger partial charge is 0.257 e. The van der Waals surface area contributed by atoms with Crippen LogP contribution >= 0.6 is 11.3 Å². The number of nitrogens with one attached hydrogen (secondary N) is 2. The zero-order valence-electron chi connectivity index (χ0n) is 17.7. The van der Waals surface area contributed by atoms with Crippen LogP contribution in [-0.4, -0.2) is 23.3 Å². The Balaban J connectivity index is 1.35. The van der Waals surface area contributed by atoms with Crippen LogP contribution in [0.5, 0.6) is 0 Å². The summed E-state index contributed by atoms with van der Waals surface area (Å²) >= 11 is 1.49. The van der Waals surface area contributed by atoms with Crippen LogP contribution in [0.2, 0.25) is 0 Å². The van der Waals surface area contributed by atoms with Crippen LogP contribution < -0.4 is 10.6 Å². The van der Waals surface area contributed by atoms with Gasteiger partial charge in [0.05, 0.1) is 11.6 Å². The second-order valence-electron chi connectivity index (χ2n) is 7.97. The highest BCUT2D eigenvalue weighted by Gasteiger charge is 2.30. The Hall–Kier alpha value is -2.99. The topological polar surface area (TPSA) is 71.1 Å². The van der Waals surface area contributed by atoms with Crippen LogP contribution in [0.25, 0.3) is 0 Å². The van der Waals surface area contributed by atoms with E-state index in [4.69, 9.17) is 0 Å². The fourth-order valence-electron chi connectivity index (χ4n) is 3.87. The number of carbonyl (C=O) groups is 2. The van der Waals surface area contributed by atoms with Gasteiger partial charge in [0.15, 0.2) is 5.13 Å². The van der Waals surface area contributed by atoms with Crippen LogP contribution in [0.3, 0.4) is 0 Å². The van der Waals surface area contributed by atoms with Gasteiger partial charge in [0.1, 0.15) is 0 Å². The van der Waals surface area contributed by atoms with E-state index in [2.05, 4.69) is 27.8 Å². The van der Waals surface area contributed by atoms with Crippen molar-refractivity contribution in [2.45, 2.75) is 44.9 Å². The Morgan fingerprint density at radius 2 is 1.87 bits per heavy atom. The van der Waals surface area contributed by atoms with Gasteiger partial charge in [0, 0.05) is 17.0 Å². The average Bonchev–Trinajstić information content (AvgIpc) is 3.20. The molecule has 2 aromatic carbocycles. The number of hydrogen-bond donors (Lipinski definition) is 2. The quantitative estimate of drug-likeness (QED) is 0.522. The minimum Gasteiger partial charge on any atom is -0.356 e. The van der Waals surface area contributed by atoms with Crippen molar-refractivity contribution in [2.24, 2.45) is 0 Å². The number of carbonyl (C=O) groups excluding carboxylic acids is 2. The fraction of sp³-hybridized carbons (Fsp3) is 0.320. The van der Waals surface area contributed by atoms with Gasteiger partial charge in [-0.15, -0.1) is 11.3 Å². The van der Waals surface area contributed by atoms with Gasteiger partial charge in [-0.3, -0.25) is 14.9 Å². The van der Waals surface area contributed by atoms with Gasteiger partial charge in [-0.1, -0.05) is 48.0 Å². The number of aromatic nitrogens is 1. The maximum absolute atomic E-state index is 12.8. The highest BCUT2D eigenvalue weighted by atomic mass is 32.1. The van der Waals surface area contributed by atoms with E-state index in [0.717, 1.165) is 48.2 Å². The van der Waals surface area contributed by atoms with Crippen molar-refractivity contribution in [1.82, 2.24) is 10.3 Å². The molecule has 4 rings (SSSR count). The maximum Gasteiger partial charge on any atom is 0.257 e. The van der Waals surface area contributed by atoms with E-state index in [-0.39, 0.29) is 17.7 Å². The summed E-state index contributed by atoms with van der Waals surface area (Å²) in [6.07, 6.45) is 4.52. The molecule has 1 atom stereocenters. The summed E-state index contributed by atoms with van der Waals surface area (Å²) in [6, 6.07) is 17.8. The zero-order valence-corrected chi connectivity index (χ0v) is 18.5. The second-order valence-corrected chi connectivity index (χ2v) is 9.06. The Bertz CT molecular complexity index is 1040. The van der Waals surface area contributed by atoms with Gasteiger partial charge in [-0.2, -0.15) is 0 Å². The van der Waals surface area contributed by atoms with Gasteiger partial charge in [0.2, 0.25) is 5.91 Å². The third-order valence-electron chi connectivity index (χ3n) is 5.59. The molecule has 0 aliphatic heterocycles. The molecule has 0 radical (unpaired) electrons. The predicted octanol–water partition coefficient (Wildman–Crippen LogP) is 4.87. The lowest BCUT2D eigenvalue weighted by Crippen LogP contribution is -2.32. The molecule has 2 amide bonds. The Labute approximate surface area is 186 Å². The monoisotopic (exact) mass is 433 g/mol. The van der Waals surface area contributed by atoms with Crippen LogP contribution in [0.15, 0.2) is 54.6 Å². The number of anilines is 1. The number of nitrogens with zero attached hydrogens (tertiary/aromatic N) is 1. The summed E-state index contributed by atoms with van der Waals surface area (Å²) in [5, 5.41) is 6.55. The average molecular weight is 434 g/mol. The molecule has 3 aromatic rings. The molecular formula is C25H27N3O2S. The van der Waals surface area contributed by atoms with Crippen molar-refractivity contribution in [3.63, 3.8) is 0 Å². The summed E-state index contributed by atoms with van der Waals surface area (Å²) in [5.74, 6) is -0.370. The SMILES string of the molecule is Cc1ccc(C(=O)Nc2nc3c(s2)CCCC3C(=O)NCCCc2ccccc2)cc1. The second kappa shape index (κ2) is 9.88. The third-order valence-corrected chi connectivity index (χ3v) is 6.64. The number of fused-ring (bicyclic) bond motifs is 1. The summed E-state index contributed by atoms with van der Waals surface area (Å²) in [7, 11) is 0. The molecular weight excluding hydrogens is 406 g/mol. The van der Waals surface area contributed by atoms with Crippen molar-refractivity contribution in [3.05, 3.63) is 81.9 Å². The fourth-order valence-corrected chi connectivity index (χ4v) is 4.93. The summed E-state index contributed by atoms with van der Waals surface area (Å²) in [6.45, 7) is 2.64. The minimum absolute atomic E-state index is 0.0377. The molecule has 2 N–H and O–H groups in total. The predicted molar refractivity (Wildman–Crippen MR) is 125 cm³/mol. The first-order valence-corrected chi connectivity index (χ1v) is 11.6. The summed E-state index contributed by atoms with van der Waals surface area (Å²) in [5.41, 5.74) is 3.83. The molecule has 1 aliphatic rings. The van der Waals surface area contributed by atoms with Crippen molar-refractivity contribution in [3.8, 4) is 0 Å². The molecule has 0 fully saturated rings. The normalized spacial score (nSPS) is 15.2. The molecule has 0 bridgehead atoms. The van der Waals surface area contributed by atoms with E-state index >= 15 is 0 Å². The molecule has 0 saturated heterocycles. The lowest BCUT2D eigenvalue weighted by Gasteiger charge is -2.20. The molecule has 0 saturated carbocycles. The van der Waals surface area contributed by atoms with Gasteiger partial charge in [-0.25, -0.2) is 4.98 Å². The Morgan fingerprint density at radius 3 is 2.65 bits per heavy atom. The van der Waals surface area contributed by atoms with E-state index in [1.54, 1.807) is 0 Å². The number of benzene rings is 2. The molecule has 1 unspecified atom stereocenters. The Morgan fingerprint density at radius 1 is 1.10 bits per heavy atom. The first-order valence-electron chi connectivity index (χ1n) is 10.8. The van der Waals surface area contributed by atoms with Crippen molar-refractivity contribution in [1.29, 1.82) is 0 Å². The number of rotatable bonds is 7. The highest BCUT2D eigenvalue weighted by Crippen LogP contribution is 2.37.